The first kappa shape index (κ1) is 12.0. The van der Waals surface area contributed by atoms with E-state index in [1.54, 1.807) is 17.0 Å². The number of rotatable bonds is 1. The third kappa shape index (κ3) is 2.41. The molecule has 0 bridgehead atoms. The van der Waals surface area contributed by atoms with Gasteiger partial charge in [0.2, 0.25) is 5.91 Å². The number of ether oxygens (including phenoxy) is 1. The predicted octanol–water partition coefficient (Wildman–Crippen LogP) is 1.40. The number of amides is 2. The Kier molecular flexibility index (Phi) is 2.89. The Hall–Kier alpha value is -2.04. The molecule has 2 saturated heterocycles. The van der Waals surface area contributed by atoms with Gasteiger partial charge in [-0.2, -0.15) is 0 Å². The predicted molar refractivity (Wildman–Crippen MR) is 68.7 cm³/mol. The van der Waals surface area contributed by atoms with E-state index in [0.717, 1.165) is 6.42 Å². The minimum atomic E-state index is -0.331. The van der Waals surface area contributed by atoms with Crippen LogP contribution in [-0.4, -0.2) is 36.5 Å². The molecule has 1 N–H and O–H groups in total. The molecular weight excluding hydrogens is 244 g/mol. The molecule has 2 fully saturated rings. The summed E-state index contributed by atoms with van der Waals surface area (Å²) in [7, 11) is 0. The Labute approximate surface area is 111 Å². The highest BCUT2D eigenvalue weighted by atomic mass is 16.6. The lowest BCUT2D eigenvalue weighted by atomic mass is 9.86. The molecule has 2 heterocycles. The molecule has 2 amide bonds. The van der Waals surface area contributed by atoms with Gasteiger partial charge in [-0.15, -0.1) is 0 Å². The van der Waals surface area contributed by atoms with Crippen LogP contribution in [0, 0.1) is 5.41 Å². The van der Waals surface area contributed by atoms with E-state index in [0.29, 0.717) is 31.8 Å². The van der Waals surface area contributed by atoms with Gasteiger partial charge in [0.1, 0.15) is 5.75 Å². The fourth-order valence-corrected chi connectivity index (χ4v) is 2.79. The second-order valence-electron chi connectivity index (χ2n) is 5.31. The van der Waals surface area contributed by atoms with Gasteiger partial charge in [0.15, 0.2) is 0 Å². The van der Waals surface area contributed by atoms with Crippen molar-refractivity contribution in [1.82, 2.24) is 10.2 Å². The van der Waals surface area contributed by atoms with Crippen LogP contribution in [0.3, 0.4) is 0 Å². The van der Waals surface area contributed by atoms with E-state index >= 15 is 0 Å². The van der Waals surface area contributed by atoms with Crippen molar-refractivity contribution in [3.8, 4) is 5.75 Å². The Morgan fingerprint density at radius 3 is 2.79 bits per heavy atom. The first-order valence-electron chi connectivity index (χ1n) is 6.45. The molecule has 1 aromatic carbocycles. The van der Waals surface area contributed by atoms with Crippen molar-refractivity contribution in [3.05, 3.63) is 30.3 Å². The minimum Gasteiger partial charge on any atom is -0.410 e. The Morgan fingerprint density at radius 2 is 2.11 bits per heavy atom. The molecule has 2 aliphatic heterocycles. The molecule has 100 valence electrons. The molecule has 0 radical (unpaired) electrons. The highest BCUT2D eigenvalue weighted by molar-refractivity contribution is 5.80. The fraction of sp³-hybridized carbons (Fsp3) is 0.429. The molecule has 1 aromatic rings. The maximum Gasteiger partial charge on any atom is 0.415 e. The van der Waals surface area contributed by atoms with Crippen molar-refractivity contribution in [2.45, 2.75) is 12.8 Å². The summed E-state index contributed by atoms with van der Waals surface area (Å²) < 4.78 is 5.31. The van der Waals surface area contributed by atoms with E-state index in [1.807, 2.05) is 18.2 Å². The first-order chi connectivity index (χ1) is 9.17. The molecule has 3 rings (SSSR count). The number of hydrogen-bond acceptors (Lipinski definition) is 3. The van der Waals surface area contributed by atoms with Crippen LogP contribution in [-0.2, 0) is 4.79 Å². The number of benzene rings is 1. The number of carbonyl (C=O) groups excluding carboxylic acids is 2. The smallest absolute Gasteiger partial charge is 0.410 e. The van der Waals surface area contributed by atoms with Crippen molar-refractivity contribution in [2.75, 3.05) is 19.6 Å². The Balaban J connectivity index is 1.62. The maximum atomic E-state index is 12.0. The number of hydrogen-bond donors (Lipinski definition) is 1. The second-order valence-corrected chi connectivity index (χ2v) is 5.31. The molecule has 0 saturated carbocycles. The largest absolute Gasteiger partial charge is 0.415 e. The Bertz CT molecular complexity index is 503. The maximum absolute atomic E-state index is 12.0. The van der Waals surface area contributed by atoms with Crippen LogP contribution in [0.15, 0.2) is 30.3 Å². The van der Waals surface area contributed by atoms with Gasteiger partial charge in [0.05, 0.1) is 0 Å². The first-order valence-corrected chi connectivity index (χ1v) is 6.45. The molecule has 1 unspecified atom stereocenters. The molecule has 1 spiro atoms. The van der Waals surface area contributed by atoms with E-state index in [2.05, 4.69) is 5.32 Å². The number of para-hydroxylation sites is 1. The third-order valence-corrected chi connectivity index (χ3v) is 3.84. The topological polar surface area (TPSA) is 58.6 Å². The molecule has 5 nitrogen and oxygen atoms in total. The summed E-state index contributed by atoms with van der Waals surface area (Å²) in [6.45, 7) is 1.92. The van der Waals surface area contributed by atoms with Crippen LogP contribution in [0.2, 0.25) is 0 Å². The van der Waals surface area contributed by atoms with Gasteiger partial charge in [0, 0.05) is 31.5 Å². The van der Waals surface area contributed by atoms with E-state index in [4.69, 9.17) is 4.74 Å². The third-order valence-electron chi connectivity index (χ3n) is 3.84. The fourth-order valence-electron chi connectivity index (χ4n) is 2.79. The molecule has 19 heavy (non-hydrogen) atoms. The SMILES string of the molecule is O=C1CC2(CCN(C(=O)Oc3ccccc3)C2)CN1. The van der Waals surface area contributed by atoms with Crippen molar-refractivity contribution in [2.24, 2.45) is 5.41 Å². The Morgan fingerprint density at radius 1 is 1.32 bits per heavy atom. The highest BCUT2D eigenvalue weighted by Gasteiger charge is 2.45. The zero-order chi connectivity index (χ0) is 13.3. The summed E-state index contributed by atoms with van der Waals surface area (Å²) in [5, 5.41) is 2.84. The molecule has 1 atom stereocenters. The standard InChI is InChI=1S/C14H16N2O3/c17-12-8-14(9-15-12)6-7-16(10-14)13(18)19-11-4-2-1-3-5-11/h1-5H,6-10H2,(H,15,17). The minimum absolute atomic E-state index is 0.0766. The van der Waals surface area contributed by atoms with Crippen LogP contribution < -0.4 is 10.1 Å². The number of carbonyl (C=O) groups is 2. The summed E-state index contributed by atoms with van der Waals surface area (Å²) >= 11 is 0. The lowest BCUT2D eigenvalue weighted by molar-refractivity contribution is -0.119. The van der Waals surface area contributed by atoms with E-state index < -0.39 is 0 Å². The van der Waals surface area contributed by atoms with Crippen molar-refractivity contribution in [1.29, 1.82) is 0 Å². The molecule has 2 aliphatic rings. The monoisotopic (exact) mass is 260 g/mol. The van der Waals surface area contributed by atoms with Gasteiger partial charge in [0.25, 0.3) is 0 Å². The average Bonchev–Trinajstić information content (AvgIpc) is 2.98. The van der Waals surface area contributed by atoms with Crippen LogP contribution in [0.4, 0.5) is 4.79 Å². The van der Waals surface area contributed by atoms with Crippen LogP contribution in [0.5, 0.6) is 5.75 Å². The highest BCUT2D eigenvalue weighted by Crippen LogP contribution is 2.36. The molecular formula is C14H16N2O3. The lowest BCUT2D eigenvalue weighted by Gasteiger charge is -2.21. The van der Waals surface area contributed by atoms with Crippen LogP contribution in [0.1, 0.15) is 12.8 Å². The van der Waals surface area contributed by atoms with Gasteiger partial charge in [-0.3, -0.25) is 4.79 Å². The summed E-state index contributed by atoms with van der Waals surface area (Å²) in [5.41, 5.74) is -0.0766. The van der Waals surface area contributed by atoms with Gasteiger partial charge in [-0.25, -0.2) is 4.79 Å². The van der Waals surface area contributed by atoms with Gasteiger partial charge < -0.3 is 15.0 Å². The lowest BCUT2D eigenvalue weighted by Crippen LogP contribution is -2.35. The summed E-state index contributed by atoms with van der Waals surface area (Å²) in [5.74, 6) is 0.632. The van der Waals surface area contributed by atoms with Crippen LogP contribution in [0.25, 0.3) is 0 Å². The van der Waals surface area contributed by atoms with Gasteiger partial charge in [-0.05, 0) is 18.6 Å². The summed E-state index contributed by atoms with van der Waals surface area (Å²) in [6, 6.07) is 9.04. The normalized spacial score (nSPS) is 25.7. The van der Waals surface area contributed by atoms with Crippen molar-refractivity contribution in [3.63, 3.8) is 0 Å². The van der Waals surface area contributed by atoms with Crippen molar-refractivity contribution >= 4 is 12.0 Å². The number of nitrogens with one attached hydrogen (secondary N) is 1. The molecule has 5 heteroatoms. The zero-order valence-electron chi connectivity index (χ0n) is 10.6. The molecule has 0 aliphatic carbocycles. The second kappa shape index (κ2) is 4.57. The molecule has 0 aromatic heterocycles. The van der Waals surface area contributed by atoms with Gasteiger partial charge >= 0.3 is 6.09 Å². The van der Waals surface area contributed by atoms with E-state index in [9.17, 15) is 9.59 Å². The average molecular weight is 260 g/mol. The summed E-state index contributed by atoms with van der Waals surface area (Å²) in [4.78, 5) is 25.0. The van der Waals surface area contributed by atoms with E-state index in [-0.39, 0.29) is 17.4 Å². The number of nitrogens with zero attached hydrogens (tertiary/aromatic N) is 1. The van der Waals surface area contributed by atoms with Crippen molar-refractivity contribution < 1.29 is 14.3 Å². The van der Waals surface area contributed by atoms with Crippen LogP contribution >= 0.6 is 0 Å². The zero-order valence-corrected chi connectivity index (χ0v) is 10.6. The number of likely N-dealkylation sites (tertiary alicyclic amines) is 1. The quantitative estimate of drug-likeness (QED) is 0.830. The van der Waals surface area contributed by atoms with Gasteiger partial charge in [-0.1, -0.05) is 18.2 Å². The van der Waals surface area contributed by atoms with E-state index in [1.165, 1.54) is 0 Å². The summed E-state index contributed by atoms with van der Waals surface area (Å²) in [6.07, 6.45) is 1.04.